The van der Waals surface area contributed by atoms with Crippen molar-refractivity contribution in [2.24, 2.45) is 0 Å². The Labute approximate surface area is 173 Å². The molecule has 4 rings (SSSR count). The smallest absolute Gasteiger partial charge is 0.149 e. The molecule has 4 heteroatoms. The first-order valence-electron chi connectivity index (χ1n) is 8.02. The fourth-order valence-electron chi connectivity index (χ4n) is 2.85. The summed E-state index contributed by atoms with van der Waals surface area (Å²) in [5.41, 5.74) is 3.99. The molecule has 26 heavy (non-hydrogen) atoms. The van der Waals surface area contributed by atoms with Gasteiger partial charge in [-0.1, -0.05) is 70.0 Å². The maximum atomic E-state index is 6.20. The van der Waals surface area contributed by atoms with E-state index in [1.54, 1.807) is 0 Å². The largest absolute Gasteiger partial charge is 0.455 e. The van der Waals surface area contributed by atoms with E-state index >= 15 is 0 Å². The van der Waals surface area contributed by atoms with Gasteiger partial charge >= 0.3 is 0 Å². The highest BCUT2D eigenvalue weighted by atomic mass is 79.9. The molecule has 0 atom stereocenters. The van der Waals surface area contributed by atoms with E-state index in [0.29, 0.717) is 5.02 Å². The van der Waals surface area contributed by atoms with Crippen LogP contribution in [0.2, 0.25) is 5.02 Å². The highest BCUT2D eigenvalue weighted by Gasteiger charge is 2.14. The molecule has 0 aliphatic carbocycles. The van der Waals surface area contributed by atoms with E-state index in [1.807, 2.05) is 48.5 Å². The molecule has 1 nitrogen and oxygen atoms in total. The Bertz CT molecular complexity index is 1100. The summed E-state index contributed by atoms with van der Waals surface area (Å²) in [6.45, 7) is 0. The van der Waals surface area contributed by atoms with E-state index in [-0.39, 0.29) is 0 Å². The van der Waals surface area contributed by atoms with Crippen molar-refractivity contribution in [3.8, 4) is 0 Å². The maximum Gasteiger partial charge on any atom is 0.149 e. The van der Waals surface area contributed by atoms with Gasteiger partial charge in [0.25, 0.3) is 0 Å². The molecule has 0 aliphatic rings. The minimum absolute atomic E-state index is 0.712. The molecule has 0 amide bonds. The zero-order chi connectivity index (χ0) is 18.1. The van der Waals surface area contributed by atoms with Crippen LogP contribution in [0.1, 0.15) is 16.9 Å². The lowest BCUT2D eigenvalue weighted by Gasteiger charge is -2.06. The molecule has 1 heterocycles. The standard InChI is InChI=1S/C22H13Br2ClO/c23-17-11-16-12-21(26-22(16)20(24)13-17)19(10-14-4-2-1-3-5-14)15-6-8-18(25)9-7-15/h1-13H/b19-10+. The monoisotopic (exact) mass is 486 g/mol. The Hall–Kier alpha value is -1.81. The van der Waals surface area contributed by atoms with Crippen molar-refractivity contribution in [1.82, 2.24) is 0 Å². The van der Waals surface area contributed by atoms with Crippen molar-refractivity contribution in [2.75, 3.05) is 0 Å². The van der Waals surface area contributed by atoms with Gasteiger partial charge in [-0.2, -0.15) is 0 Å². The van der Waals surface area contributed by atoms with Gasteiger partial charge in [0.1, 0.15) is 11.3 Å². The predicted octanol–water partition coefficient (Wildman–Crippen LogP) is 8.20. The second-order valence-corrected chi connectivity index (χ2v) is 8.10. The van der Waals surface area contributed by atoms with Crippen molar-refractivity contribution in [1.29, 1.82) is 0 Å². The summed E-state index contributed by atoms with van der Waals surface area (Å²) >= 11 is 13.2. The second-order valence-electron chi connectivity index (χ2n) is 5.89. The minimum Gasteiger partial charge on any atom is -0.455 e. The maximum absolute atomic E-state index is 6.20. The molecular formula is C22H13Br2ClO. The van der Waals surface area contributed by atoms with E-state index in [0.717, 1.165) is 42.4 Å². The van der Waals surface area contributed by atoms with Crippen LogP contribution in [0.25, 0.3) is 22.6 Å². The van der Waals surface area contributed by atoms with Crippen molar-refractivity contribution in [3.63, 3.8) is 0 Å². The summed E-state index contributed by atoms with van der Waals surface area (Å²) in [6, 6.07) is 24.1. The van der Waals surface area contributed by atoms with Crippen LogP contribution < -0.4 is 0 Å². The summed E-state index contributed by atoms with van der Waals surface area (Å²) in [5.74, 6) is 0.810. The van der Waals surface area contributed by atoms with E-state index < -0.39 is 0 Å². The molecule has 128 valence electrons. The molecule has 4 aromatic rings. The summed E-state index contributed by atoms with van der Waals surface area (Å²) in [6.07, 6.45) is 2.13. The van der Waals surface area contributed by atoms with Gasteiger partial charge in [0.05, 0.1) is 4.47 Å². The van der Waals surface area contributed by atoms with Crippen LogP contribution in [0.3, 0.4) is 0 Å². The van der Waals surface area contributed by atoms with Gasteiger partial charge in [0.15, 0.2) is 0 Å². The van der Waals surface area contributed by atoms with Gasteiger partial charge in [0, 0.05) is 20.5 Å². The predicted molar refractivity (Wildman–Crippen MR) is 116 cm³/mol. The molecule has 0 aliphatic heterocycles. The Morgan fingerprint density at radius 2 is 1.62 bits per heavy atom. The van der Waals surface area contributed by atoms with E-state index in [9.17, 15) is 0 Å². The highest BCUT2D eigenvalue weighted by Crippen LogP contribution is 2.36. The van der Waals surface area contributed by atoms with Crippen LogP contribution in [-0.4, -0.2) is 0 Å². The molecule has 0 saturated heterocycles. The summed E-state index contributed by atoms with van der Waals surface area (Å²) in [5, 5.41) is 1.75. The average molecular weight is 489 g/mol. The lowest BCUT2D eigenvalue weighted by atomic mass is 10.0. The van der Waals surface area contributed by atoms with Gasteiger partial charge in [0.2, 0.25) is 0 Å². The fourth-order valence-corrected chi connectivity index (χ4v) is 4.32. The van der Waals surface area contributed by atoms with Gasteiger partial charge < -0.3 is 4.42 Å². The Balaban J connectivity index is 1.92. The van der Waals surface area contributed by atoms with Crippen molar-refractivity contribution in [3.05, 3.63) is 104 Å². The third-order valence-corrected chi connectivity index (χ3v) is 5.37. The first-order chi connectivity index (χ1) is 12.6. The third-order valence-electron chi connectivity index (χ3n) is 4.07. The number of hydrogen-bond donors (Lipinski definition) is 0. The number of rotatable bonds is 3. The fraction of sp³-hybridized carbons (Fsp3) is 0. The van der Waals surface area contributed by atoms with Crippen LogP contribution in [0.15, 0.2) is 86.2 Å². The number of hydrogen-bond acceptors (Lipinski definition) is 1. The van der Waals surface area contributed by atoms with Gasteiger partial charge in [-0.3, -0.25) is 0 Å². The van der Waals surface area contributed by atoms with Crippen molar-refractivity contribution < 1.29 is 4.42 Å². The molecule has 0 saturated carbocycles. The van der Waals surface area contributed by atoms with Gasteiger partial charge in [-0.05, 0) is 63.5 Å². The quantitative estimate of drug-likeness (QED) is 0.265. The molecule has 0 fully saturated rings. The molecule has 0 bridgehead atoms. The zero-order valence-electron chi connectivity index (χ0n) is 13.5. The Kier molecular flexibility index (Phi) is 5.03. The molecule has 1 aromatic heterocycles. The van der Waals surface area contributed by atoms with Crippen LogP contribution in [0, 0.1) is 0 Å². The summed E-state index contributed by atoms with van der Waals surface area (Å²) in [7, 11) is 0. The average Bonchev–Trinajstić information content (AvgIpc) is 3.05. The first-order valence-corrected chi connectivity index (χ1v) is 9.98. The van der Waals surface area contributed by atoms with Crippen LogP contribution >= 0.6 is 43.5 Å². The topological polar surface area (TPSA) is 13.1 Å². The third kappa shape index (κ3) is 3.66. The molecule has 0 radical (unpaired) electrons. The van der Waals surface area contributed by atoms with Crippen LogP contribution in [0.5, 0.6) is 0 Å². The van der Waals surface area contributed by atoms with E-state index in [1.165, 1.54) is 0 Å². The van der Waals surface area contributed by atoms with E-state index in [4.69, 9.17) is 16.0 Å². The van der Waals surface area contributed by atoms with Crippen molar-refractivity contribution >= 4 is 66.1 Å². The zero-order valence-corrected chi connectivity index (χ0v) is 17.5. The van der Waals surface area contributed by atoms with Crippen molar-refractivity contribution in [2.45, 2.75) is 0 Å². The molecule has 0 spiro atoms. The lowest BCUT2D eigenvalue weighted by Crippen LogP contribution is -1.86. The van der Waals surface area contributed by atoms with Crippen LogP contribution in [0.4, 0.5) is 0 Å². The number of halogens is 3. The molecule has 0 N–H and O–H groups in total. The Morgan fingerprint density at radius 3 is 2.35 bits per heavy atom. The lowest BCUT2D eigenvalue weighted by molar-refractivity contribution is 0.599. The summed E-state index contributed by atoms with van der Waals surface area (Å²) < 4.78 is 8.13. The molecule has 3 aromatic carbocycles. The SMILES string of the molecule is Clc1ccc(/C(=C\c2ccccc2)c2cc3cc(Br)cc(Br)c3o2)cc1. The normalized spacial score (nSPS) is 11.9. The van der Waals surface area contributed by atoms with Crippen LogP contribution in [-0.2, 0) is 0 Å². The Morgan fingerprint density at radius 1 is 0.885 bits per heavy atom. The highest BCUT2D eigenvalue weighted by molar-refractivity contribution is 9.11. The minimum atomic E-state index is 0.712. The second kappa shape index (κ2) is 7.43. The van der Waals surface area contributed by atoms with Gasteiger partial charge in [-0.25, -0.2) is 0 Å². The summed E-state index contributed by atoms with van der Waals surface area (Å²) in [4.78, 5) is 0. The first kappa shape index (κ1) is 17.6. The van der Waals surface area contributed by atoms with Gasteiger partial charge in [-0.15, -0.1) is 0 Å². The molecular weight excluding hydrogens is 476 g/mol. The van der Waals surface area contributed by atoms with E-state index in [2.05, 4.69) is 62.2 Å². The number of benzene rings is 3. The number of furan rings is 1. The molecule has 0 unspecified atom stereocenters. The number of fused-ring (bicyclic) bond motifs is 1.